The minimum Gasteiger partial charge on any atom is -0.444 e. The van der Waals surface area contributed by atoms with E-state index >= 15 is 0 Å². The van der Waals surface area contributed by atoms with Crippen LogP contribution in [0.1, 0.15) is 40.5 Å². The number of benzene rings is 1. The van der Waals surface area contributed by atoms with Crippen molar-refractivity contribution in [2.45, 2.75) is 63.1 Å². The molecule has 0 radical (unpaired) electrons. The molecule has 2 atom stereocenters. The highest BCUT2D eigenvalue weighted by Crippen LogP contribution is 2.42. The average Bonchev–Trinajstić information content (AvgIpc) is 3.01. The average molecular weight is 350 g/mol. The molecule has 1 amide bonds. The zero-order valence-corrected chi connectivity index (χ0v) is 15.2. The fraction of sp³-hybridized carbons (Fsp3) is 0.500. The first-order valence-electron chi connectivity index (χ1n) is 8.56. The summed E-state index contributed by atoms with van der Waals surface area (Å²) in [5.74, 6) is 0. The van der Waals surface area contributed by atoms with Gasteiger partial charge in [-0.25, -0.2) is 13.2 Å². The first-order valence-corrected chi connectivity index (χ1v) is 9.54. The molecule has 130 valence electrons. The maximum Gasteiger partial charge on any atom is 0.411 e. The third-order valence-electron chi connectivity index (χ3n) is 4.22. The van der Waals surface area contributed by atoms with E-state index in [1.807, 2.05) is 6.92 Å². The van der Waals surface area contributed by atoms with Crippen LogP contribution in [0.4, 0.5) is 4.79 Å². The number of carbonyl (C=O) groups excluding carboxylic acids is 1. The molecule has 0 N–H and O–H groups in total. The Morgan fingerprint density at radius 2 is 1.88 bits per heavy atom. The van der Waals surface area contributed by atoms with Gasteiger partial charge in [0.2, 0.25) is 9.84 Å². The lowest BCUT2D eigenvalue weighted by Crippen LogP contribution is -2.41. The molecule has 1 aromatic carbocycles. The molecule has 0 saturated carbocycles. The van der Waals surface area contributed by atoms with Crippen LogP contribution in [0.2, 0.25) is 0 Å². The van der Waals surface area contributed by atoms with E-state index in [1.165, 1.54) is 4.90 Å². The van der Waals surface area contributed by atoms with Crippen LogP contribution in [-0.4, -0.2) is 37.1 Å². The second-order valence-corrected chi connectivity index (χ2v) is 9.24. The second-order valence-electron chi connectivity index (χ2n) is 7.32. The fourth-order valence-electron chi connectivity index (χ4n) is 3.14. The van der Waals surface area contributed by atoms with Gasteiger partial charge in [0.25, 0.3) is 0 Å². The van der Waals surface area contributed by atoms with Gasteiger partial charge in [-0.2, -0.15) is 0 Å². The largest absolute Gasteiger partial charge is 0.444 e. The zero-order valence-electron chi connectivity index (χ0n) is 15.4. The predicted molar refractivity (Wildman–Crippen MR) is 91.3 cm³/mol. The van der Waals surface area contributed by atoms with Crippen LogP contribution in [0.15, 0.2) is 40.1 Å². The molecule has 1 fully saturated rings. The van der Waals surface area contributed by atoms with E-state index in [-0.39, 0.29) is 15.9 Å². The van der Waals surface area contributed by atoms with Gasteiger partial charge in [-0.1, -0.05) is 17.7 Å². The standard InChI is InChI=1S/C18H23NO4S/c1-12-5-8-14(9-6-12)24(21,22)16-11-13-7-10-15(16)19(13)17(20)23-18(2,3)4/h5-6,8-9,11,13,15H,7,10H2,1-4H3/t13-,15+/m1/s1/i11D. The third-order valence-corrected chi connectivity index (χ3v) is 6.08. The van der Waals surface area contributed by atoms with E-state index in [0.29, 0.717) is 12.8 Å². The molecule has 5 nitrogen and oxygen atoms in total. The number of hydrogen-bond acceptors (Lipinski definition) is 4. The van der Waals surface area contributed by atoms with Gasteiger partial charge in [-0.05, 0) is 58.7 Å². The number of sulfone groups is 1. The topological polar surface area (TPSA) is 63.7 Å². The molecule has 0 unspecified atom stereocenters. The molecular formula is C18H23NO4S. The monoisotopic (exact) mass is 350 g/mol. The summed E-state index contributed by atoms with van der Waals surface area (Å²) in [5, 5.41) is 0. The Hall–Kier alpha value is -1.82. The molecule has 1 aromatic rings. The van der Waals surface area contributed by atoms with Crippen molar-refractivity contribution in [2.24, 2.45) is 0 Å². The van der Waals surface area contributed by atoms with Crippen molar-refractivity contribution in [3.05, 3.63) is 40.8 Å². The van der Waals surface area contributed by atoms with Crippen molar-refractivity contribution < 1.29 is 19.3 Å². The quantitative estimate of drug-likeness (QED) is 0.820. The van der Waals surface area contributed by atoms with Gasteiger partial charge in [0.05, 0.1) is 23.3 Å². The van der Waals surface area contributed by atoms with E-state index < -0.39 is 33.6 Å². The summed E-state index contributed by atoms with van der Waals surface area (Å²) in [6.45, 7) is 7.18. The van der Waals surface area contributed by atoms with Gasteiger partial charge in [-0.3, -0.25) is 4.90 Å². The minimum absolute atomic E-state index is 0.0164. The van der Waals surface area contributed by atoms with Gasteiger partial charge in [0.1, 0.15) is 5.60 Å². The molecule has 0 aliphatic carbocycles. The molecule has 0 spiro atoms. The Kier molecular flexibility index (Phi) is 3.67. The van der Waals surface area contributed by atoms with E-state index in [4.69, 9.17) is 6.11 Å². The second kappa shape index (κ2) is 5.62. The maximum atomic E-state index is 13.0. The van der Waals surface area contributed by atoms with Crippen LogP contribution >= 0.6 is 0 Å². The Morgan fingerprint density at radius 3 is 2.46 bits per heavy atom. The highest BCUT2D eigenvalue weighted by atomic mass is 32.2. The highest BCUT2D eigenvalue weighted by Gasteiger charge is 2.49. The van der Waals surface area contributed by atoms with E-state index in [1.54, 1.807) is 45.0 Å². The Morgan fingerprint density at radius 1 is 1.25 bits per heavy atom. The summed E-state index contributed by atoms with van der Waals surface area (Å²) in [7, 11) is -3.80. The van der Waals surface area contributed by atoms with Gasteiger partial charge in [0.15, 0.2) is 0 Å². The molecule has 6 heteroatoms. The molecule has 2 heterocycles. The number of fused-ring (bicyclic) bond motifs is 2. The number of ether oxygens (including phenoxy) is 1. The predicted octanol–water partition coefficient (Wildman–Crippen LogP) is 3.43. The molecule has 24 heavy (non-hydrogen) atoms. The first kappa shape index (κ1) is 15.7. The van der Waals surface area contributed by atoms with Gasteiger partial charge in [0, 0.05) is 0 Å². The number of rotatable bonds is 2. The smallest absolute Gasteiger partial charge is 0.411 e. The number of nitrogens with zero attached hydrogens (tertiary/aromatic N) is 1. The molecular weight excluding hydrogens is 326 g/mol. The molecule has 2 bridgehead atoms. The lowest BCUT2D eigenvalue weighted by Gasteiger charge is -2.28. The SMILES string of the molecule is [2H]C1=C(S(=O)(=O)c2ccc(C)cc2)[C@@H]2CC[C@H]1N2C(=O)OC(C)(C)C. The van der Waals surface area contributed by atoms with Crippen molar-refractivity contribution >= 4 is 15.9 Å². The van der Waals surface area contributed by atoms with Crippen LogP contribution < -0.4 is 0 Å². The normalized spacial score (nSPS) is 24.3. The summed E-state index contributed by atoms with van der Waals surface area (Å²) >= 11 is 0. The van der Waals surface area contributed by atoms with E-state index in [0.717, 1.165) is 5.56 Å². The van der Waals surface area contributed by atoms with Gasteiger partial charge in [-0.15, -0.1) is 0 Å². The van der Waals surface area contributed by atoms with Crippen molar-refractivity contribution in [1.82, 2.24) is 4.90 Å². The van der Waals surface area contributed by atoms with Crippen molar-refractivity contribution in [1.29, 1.82) is 0 Å². The summed E-state index contributed by atoms with van der Waals surface area (Å²) < 4.78 is 39.8. The van der Waals surface area contributed by atoms with Crippen LogP contribution in [0, 0.1) is 6.92 Å². The minimum atomic E-state index is -3.80. The summed E-state index contributed by atoms with van der Waals surface area (Å²) in [6, 6.07) is 5.45. The highest BCUT2D eigenvalue weighted by molar-refractivity contribution is 7.95. The maximum absolute atomic E-state index is 13.0. The van der Waals surface area contributed by atoms with Crippen molar-refractivity contribution in [3.63, 3.8) is 0 Å². The van der Waals surface area contributed by atoms with E-state index in [2.05, 4.69) is 0 Å². The summed E-state index contributed by atoms with van der Waals surface area (Å²) in [4.78, 5) is 14.1. The third kappa shape index (κ3) is 2.95. The van der Waals surface area contributed by atoms with Crippen molar-refractivity contribution in [2.75, 3.05) is 0 Å². The number of amides is 1. The van der Waals surface area contributed by atoms with Crippen LogP contribution in [0.3, 0.4) is 0 Å². The van der Waals surface area contributed by atoms with Crippen LogP contribution in [0.5, 0.6) is 0 Å². The van der Waals surface area contributed by atoms with Crippen molar-refractivity contribution in [3.8, 4) is 0 Å². The Balaban J connectivity index is 1.96. The van der Waals surface area contributed by atoms with E-state index in [9.17, 15) is 13.2 Å². The Bertz CT molecular complexity index is 837. The lowest BCUT2D eigenvalue weighted by molar-refractivity contribution is 0.0231. The Labute approximate surface area is 144 Å². The fourth-order valence-corrected chi connectivity index (χ4v) is 4.77. The van der Waals surface area contributed by atoms with Crippen LogP contribution in [-0.2, 0) is 14.6 Å². The molecule has 2 aliphatic rings. The molecule has 2 aliphatic heterocycles. The number of aryl methyl sites for hydroxylation is 1. The molecule has 1 saturated heterocycles. The van der Waals surface area contributed by atoms with Crippen LogP contribution in [0.25, 0.3) is 0 Å². The number of hydrogen-bond donors (Lipinski definition) is 0. The lowest BCUT2D eigenvalue weighted by atomic mass is 10.1. The zero-order chi connectivity index (χ0) is 18.6. The van der Waals surface area contributed by atoms with Gasteiger partial charge < -0.3 is 4.74 Å². The molecule has 3 rings (SSSR count). The summed E-state index contributed by atoms with van der Waals surface area (Å²) in [5.41, 5.74) is 0.291. The first-order chi connectivity index (χ1) is 11.5. The molecule has 0 aromatic heterocycles. The summed E-state index contributed by atoms with van der Waals surface area (Å²) in [6.07, 6.45) is 0.571. The van der Waals surface area contributed by atoms with Gasteiger partial charge >= 0.3 is 6.09 Å². The number of carbonyl (C=O) groups is 1.